The van der Waals surface area contributed by atoms with Gasteiger partial charge in [-0.25, -0.2) is 0 Å². The van der Waals surface area contributed by atoms with Gasteiger partial charge in [0, 0.05) is 14.8 Å². The zero-order chi connectivity index (χ0) is 18.5. The number of aryl methyl sites for hydroxylation is 1. The van der Waals surface area contributed by atoms with Crippen LogP contribution in [0.2, 0.25) is 0 Å². The molecule has 1 aromatic heterocycles. The van der Waals surface area contributed by atoms with Gasteiger partial charge < -0.3 is 15.1 Å². The summed E-state index contributed by atoms with van der Waals surface area (Å²) in [7, 11) is 0. The predicted octanol–water partition coefficient (Wildman–Crippen LogP) is 4.24. The lowest BCUT2D eigenvalue weighted by Crippen LogP contribution is -2.46. The summed E-state index contributed by atoms with van der Waals surface area (Å²) in [6.45, 7) is 1.95. The standard InChI is InChI=1S/C20H17IN2O3/c1-13-7-9-14(10-8-13)18(24)19(22-16-5-2-4-15(21)12-16)23-20(25)17-6-3-11-26-17/h2-12,19,22H,1H3,(H,23,25). The molecule has 0 aliphatic carbocycles. The van der Waals surface area contributed by atoms with E-state index in [9.17, 15) is 9.59 Å². The topological polar surface area (TPSA) is 71.3 Å². The van der Waals surface area contributed by atoms with Crippen molar-refractivity contribution >= 4 is 40.0 Å². The highest BCUT2D eigenvalue weighted by molar-refractivity contribution is 14.1. The van der Waals surface area contributed by atoms with E-state index in [0.29, 0.717) is 5.56 Å². The van der Waals surface area contributed by atoms with E-state index in [4.69, 9.17) is 4.42 Å². The SMILES string of the molecule is Cc1ccc(C(=O)C(NC(=O)c2ccco2)Nc2cccc(I)c2)cc1. The fourth-order valence-electron chi connectivity index (χ4n) is 2.41. The number of amides is 1. The summed E-state index contributed by atoms with van der Waals surface area (Å²) in [5.74, 6) is -0.543. The molecule has 0 spiro atoms. The Balaban J connectivity index is 1.86. The van der Waals surface area contributed by atoms with Crippen molar-refractivity contribution in [1.29, 1.82) is 0 Å². The third-order valence-corrected chi connectivity index (χ3v) is 4.43. The first-order valence-corrected chi connectivity index (χ1v) is 9.08. The molecule has 0 saturated heterocycles. The number of anilines is 1. The van der Waals surface area contributed by atoms with E-state index in [-0.39, 0.29) is 11.5 Å². The van der Waals surface area contributed by atoms with E-state index in [0.717, 1.165) is 14.8 Å². The van der Waals surface area contributed by atoms with Crippen molar-refractivity contribution in [1.82, 2.24) is 5.32 Å². The van der Waals surface area contributed by atoms with Gasteiger partial charge in [0.1, 0.15) is 0 Å². The Morgan fingerprint density at radius 3 is 2.46 bits per heavy atom. The molecule has 26 heavy (non-hydrogen) atoms. The highest BCUT2D eigenvalue weighted by Crippen LogP contribution is 2.15. The van der Waals surface area contributed by atoms with Gasteiger partial charge in [-0.3, -0.25) is 9.59 Å². The molecule has 0 bridgehead atoms. The summed E-state index contributed by atoms with van der Waals surface area (Å²) in [6.07, 6.45) is 0.493. The molecule has 1 amide bonds. The minimum absolute atomic E-state index is 0.149. The molecule has 0 saturated carbocycles. The Labute approximate surface area is 164 Å². The fourth-order valence-corrected chi connectivity index (χ4v) is 2.95. The average molecular weight is 460 g/mol. The number of hydrogen-bond acceptors (Lipinski definition) is 4. The van der Waals surface area contributed by atoms with E-state index in [1.165, 1.54) is 6.26 Å². The van der Waals surface area contributed by atoms with Crippen LogP contribution in [0.3, 0.4) is 0 Å². The molecule has 1 atom stereocenters. The number of furan rings is 1. The first kappa shape index (κ1) is 18.2. The summed E-state index contributed by atoms with van der Waals surface area (Å²) in [5.41, 5.74) is 2.31. The number of benzene rings is 2. The van der Waals surface area contributed by atoms with Crippen molar-refractivity contribution in [2.75, 3.05) is 5.32 Å². The van der Waals surface area contributed by atoms with E-state index in [1.807, 2.05) is 43.3 Å². The molecule has 2 N–H and O–H groups in total. The first-order chi connectivity index (χ1) is 12.5. The monoisotopic (exact) mass is 460 g/mol. The highest BCUT2D eigenvalue weighted by Gasteiger charge is 2.23. The normalized spacial score (nSPS) is 11.6. The van der Waals surface area contributed by atoms with Crippen LogP contribution in [0.4, 0.5) is 5.69 Å². The number of carbonyl (C=O) groups excluding carboxylic acids is 2. The van der Waals surface area contributed by atoms with Crippen LogP contribution < -0.4 is 10.6 Å². The van der Waals surface area contributed by atoms with Gasteiger partial charge in [0.15, 0.2) is 11.9 Å². The van der Waals surface area contributed by atoms with E-state index >= 15 is 0 Å². The minimum Gasteiger partial charge on any atom is -0.459 e. The molecule has 0 radical (unpaired) electrons. The molecule has 1 heterocycles. The lowest BCUT2D eigenvalue weighted by molar-refractivity contribution is 0.0853. The van der Waals surface area contributed by atoms with Crippen molar-refractivity contribution in [3.63, 3.8) is 0 Å². The predicted molar refractivity (Wildman–Crippen MR) is 108 cm³/mol. The van der Waals surface area contributed by atoms with Crippen LogP contribution >= 0.6 is 22.6 Å². The first-order valence-electron chi connectivity index (χ1n) is 8.00. The molecule has 0 aliphatic rings. The molecule has 0 fully saturated rings. The Hall–Kier alpha value is -2.61. The van der Waals surface area contributed by atoms with Gasteiger partial charge >= 0.3 is 0 Å². The largest absolute Gasteiger partial charge is 0.459 e. The maximum absolute atomic E-state index is 12.9. The minimum atomic E-state index is -0.923. The summed E-state index contributed by atoms with van der Waals surface area (Å²) in [4.78, 5) is 25.3. The number of ketones is 1. The van der Waals surface area contributed by atoms with Gasteiger partial charge in [-0.1, -0.05) is 35.9 Å². The molecule has 2 aromatic carbocycles. The number of nitrogens with one attached hydrogen (secondary N) is 2. The second kappa shape index (κ2) is 8.18. The van der Waals surface area contributed by atoms with E-state index in [2.05, 4.69) is 33.2 Å². The zero-order valence-corrected chi connectivity index (χ0v) is 16.2. The summed E-state index contributed by atoms with van der Waals surface area (Å²) >= 11 is 2.19. The van der Waals surface area contributed by atoms with Crippen molar-refractivity contribution < 1.29 is 14.0 Å². The van der Waals surface area contributed by atoms with Crippen molar-refractivity contribution in [3.05, 3.63) is 87.4 Å². The van der Waals surface area contributed by atoms with Crippen LogP contribution in [0.25, 0.3) is 0 Å². The van der Waals surface area contributed by atoms with E-state index < -0.39 is 12.1 Å². The number of rotatable bonds is 6. The van der Waals surface area contributed by atoms with Gasteiger partial charge in [0.05, 0.1) is 6.26 Å². The molecule has 5 nitrogen and oxygen atoms in total. The lowest BCUT2D eigenvalue weighted by Gasteiger charge is -2.20. The summed E-state index contributed by atoms with van der Waals surface area (Å²) < 4.78 is 6.13. The van der Waals surface area contributed by atoms with Crippen LogP contribution in [-0.4, -0.2) is 17.9 Å². The van der Waals surface area contributed by atoms with Crippen molar-refractivity contribution in [2.45, 2.75) is 13.1 Å². The third-order valence-electron chi connectivity index (χ3n) is 3.75. The molecule has 132 valence electrons. The molecule has 0 aliphatic heterocycles. The molecule has 6 heteroatoms. The molecule has 3 rings (SSSR count). The Kier molecular flexibility index (Phi) is 5.72. The molecule has 3 aromatic rings. The summed E-state index contributed by atoms with van der Waals surface area (Å²) in [6, 6.07) is 18.0. The van der Waals surface area contributed by atoms with Gasteiger partial charge in [-0.15, -0.1) is 0 Å². The lowest BCUT2D eigenvalue weighted by atomic mass is 10.1. The Morgan fingerprint density at radius 1 is 1.04 bits per heavy atom. The molecule has 1 unspecified atom stereocenters. The van der Waals surface area contributed by atoms with Gasteiger partial charge in [0.2, 0.25) is 5.78 Å². The number of Topliss-reactive ketones (excluding diaryl/α,β-unsaturated/α-hetero) is 1. The third kappa shape index (κ3) is 4.51. The maximum atomic E-state index is 12.9. The zero-order valence-electron chi connectivity index (χ0n) is 14.0. The second-order valence-electron chi connectivity index (χ2n) is 5.77. The highest BCUT2D eigenvalue weighted by atomic mass is 127. The van der Waals surface area contributed by atoms with Gasteiger partial charge in [0.25, 0.3) is 5.91 Å². The maximum Gasteiger partial charge on any atom is 0.288 e. The number of carbonyl (C=O) groups is 2. The Bertz CT molecular complexity index is 905. The van der Waals surface area contributed by atoms with Gasteiger partial charge in [-0.05, 0) is 59.8 Å². The van der Waals surface area contributed by atoms with Crippen LogP contribution in [0.5, 0.6) is 0 Å². The average Bonchev–Trinajstić information content (AvgIpc) is 3.16. The van der Waals surface area contributed by atoms with Crippen LogP contribution in [0.1, 0.15) is 26.5 Å². The summed E-state index contributed by atoms with van der Waals surface area (Å²) in [5, 5.41) is 5.80. The smallest absolute Gasteiger partial charge is 0.288 e. The molecular weight excluding hydrogens is 443 g/mol. The fraction of sp³-hybridized carbons (Fsp3) is 0.100. The van der Waals surface area contributed by atoms with Crippen molar-refractivity contribution in [3.8, 4) is 0 Å². The molecular formula is C20H17IN2O3. The van der Waals surface area contributed by atoms with Crippen LogP contribution in [0.15, 0.2) is 71.3 Å². The number of halogens is 1. The quantitative estimate of drug-likeness (QED) is 0.328. The number of hydrogen-bond donors (Lipinski definition) is 2. The van der Waals surface area contributed by atoms with Gasteiger partial charge in [-0.2, -0.15) is 0 Å². The van der Waals surface area contributed by atoms with Crippen molar-refractivity contribution in [2.24, 2.45) is 0 Å². The van der Waals surface area contributed by atoms with Crippen LogP contribution in [0, 0.1) is 10.5 Å². The van der Waals surface area contributed by atoms with E-state index in [1.54, 1.807) is 24.3 Å². The van der Waals surface area contributed by atoms with Crippen LogP contribution in [-0.2, 0) is 0 Å². The second-order valence-corrected chi connectivity index (χ2v) is 7.01. The Morgan fingerprint density at radius 2 is 1.81 bits per heavy atom.